The van der Waals surface area contributed by atoms with E-state index in [2.05, 4.69) is 10.3 Å². The quantitative estimate of drug-likeness (QED) is 0.924. The molecule has 0 atom stereocenters. The van der Waals surface area contributed by atoms with Gasteiger partial charge in [-0.1, -0.05) is 12.8 Å². The molecule has 1 aliphatic heterocycles. The summed E-state index contributed by atoms with van der Waals surface area (Å²) in [5, 5.41) is 2.88. The number of hydrogen-bond donors (Lipinski definition) is 1. The van der Waals surface area contributed by atoms with E-state index in [4.69, 9.17) is 4.42 Å². The molecular formula is C19H23N3O3. The monoisotopic (exact) mass is 341 g/mol. The van der Waals surface area contributed by atoms with Crippen molar-refractivity contribution < 1.29 is 14.0 Å². The molecule has 6 nitrogen and oxygen atoms in total. The molecule has 4 rings (SSSR count). The predicted molar refractivity (Wildman–Crippen MR) is 94.3 cm³/mol. The maximum absolute atomic E-state index is 12.3. The first-order chi connectivity index (χ1) is 12.2. The van der Waals surface area contributed by atoms with Gasteiger partial charge in [0.15, 0.2) is 11.5 Å². The van der Waals surface area contributed by atoms with Gasteiger partial charge < -0.3 is 14.6 Å². The SMILES string of the molecule is O=C(CN1CCCCCCC1=O)Nc1ccc2oc(C3CC3)nc2c1. The minimum atomic E-state index is -0.167. The van der Waals surface area contributed by atoms with Crippen LogP contribution >= 0.6 is 0 Å². The lowest BCUT2D eigenvalue weighted by Gasteiger charge is -2.24. The second kappa shape index (κ2) is 6.86. The number of nitrogens with one attached hydrogen (secondary N) is 1. The number of likely N-dealkylation sites (tertiary alicyclic amines) is 1. The zero-order chi connectivity index (χ0) is 17.2. The summed E-state index contributed by atoms with van der Waals surface area (Å²) in [7, 11) is 0. The van der Waals surface area contributed by atoms with Crippen LogP contribution < -0.4 is 5.32 Å². The van der Waals surface area contributed by atoms with Crippen LogP contribution in [0.15, 0.2) is 22.6 Å². The maximum Gasteiger partial charge on any atom is 0.243 e. The van der Waals surface area contributed by atoms with Crippen LogP contribution in [-0.2, 0) is 9.59 Å². The summed E-state index contributed by atoms with van der Waals surface area (Å²) in [5.74, 6) is 1.17. The summed E-state index contributed by atoms with van der Waals surface area (Å²) < 4.78 is 5.74. The Kier molecular flexibility index (Phi) is 4.42. The van der Waals surface area contributed by atoms with Crippen LogP contribution in [-0.4, -0.2) is 34.8 Å². The number of anilines is 1. The zero-order valence-corrected chi connectivity index (χ0v) is 14.3. The first kappa shape index (κ1) is 16.1. The highest BCUT2D eigenvalue weighted by Gasteiger charge is 2.29. The van der Waals surface area contributed by atoms with Gasteiger partial charge in [0.25, 0.3) is 0 Å². The molecule has 2 aromatic rings. The molecule has 0 spiro atoms. The van der Waals surface area contributed by atoms with Crippen molar-refractivity contribution in [1.29, 1.82) is 0 Å². The van der Waals surface area contributed by atoms with E-state index in [1.165, 1.54) is 0 Å². The average Bonchev–Trinajstić information content (AvgIpc) is 3.34. The number of oxazole rings is 1. The van der Waals surface area contributed by atoms with E-state index in [1.54, 1.807) is 4.90 Å². The van der Waals surface area contributed by atoms with Crippen LogP contribution in [0.3, 0.4) is 0 Å². The third-order valence-electron chi connectivity index (χ3n) is 4.87. The Bertz CT molecular complexity index is 794. The Morgan fingerprint density at radius 3 is 2.92 bits per heavy atom. The molecule has 6 heteroatoms. The maximum atomic E-state index is 12.3. The molecule has 132 valence electrons. The number of rotatable bonds is 4. The highest BCUT2D eigenvalue weighted by Crippen LogP contribution is 2.40. The van der Waals surface area contributed by atoms with Gasteiger partial charge >= 0.3 is 0 Å². The molecule has 2 fully saturated rings. The van der Waals surface area contributed by atoms with E-state index in [9.17, 15) is 9.59 Å². The smallest absolute Gasteiger partial charge is 0.243 e. The van der Waals surface area contributed by atoms with Gasteiger partial charge in [-0.15, -0.1) is 0 Å². The summed E-state index contributed by atoms with van der Waals surface area (Å²) >= 11 is 0. The molecule has 2 aliphatic rings. The lowest BCUT2D eigenvalue weighted by Crippen LogP contribution is -2.39. The number of fused-ring (bicyclic) bond motifs is 1. The van der Waals surface area contributed by atoms with Crippen LogP contribution in [0.1, 0.15) is 56.8 Å². The van der Waals surface area contributed by atoms with Gasteiger partial charge in [-0.3, -0.25) is 9.59 Å². The fourth-order valence-corrected chi connectivity index (χ4v) is 3.28. The fourth-order valence-electron chi connectivity index (χ4n) is 3.28. The Morgan fingerprint density at radius 1 is 1.24 bits per heavy atom. The van der Waals surface area contributed by atoms with E-state index in [0.29, 0.717) is 24.6 Å². The van der Waals surface area contributed by atoms with Gasteiger partial charge in [0, 0.05) is 24.6 Å². The van der Waals surface area contributed by atoms with E-state index < -0.39 is 0 Å². The highest BCUT2D eigenvalue weighted by molar-refractivity contribution is 5.95. The van der Waals surface area contributed by atoms with Gasteiger partial charge in [0.2, 0.25) is 11.8 Å². The molecule has 2 heterocycles. The normalized spacial score (nSPS) is 18.9. The number of carbonyl (C=O) groups excluding carboxylic acids is 2. The van der Waals surface area contributed by atoms with E-state index in [-0.39, 0.29) is 18.4 Å². The van der Waals surface area contributed by atoms with Crippen molar-refractivity contribution in [3.05, 3.63) is 24.1 Å². The summed E-state index contributed by atoms with van der Waals surface area (Å²) in [6, 6.07) is 5.49. The molecular weight excluding hydrogens is 318 g/mol. The molecule has 25 heavy (non-hydrogen) atoms. The molecule has 1 aromatic carbocycles. The number of amides is 2. The third-order valence-corrected chi connectivity index (χ3v) is 4.87. The van der Waals surface area contributed by atoms with Gasteiger partial charge in [-0.2, -0.15) is 0 Å². The Morgan fingerprint density at radius 2 is 2.08 bits per heavy atom. The van der Waals surface area contributed by atoms with Crippen LogP contribution in [0.4, 0.5) is 5.69 Å². The number of benzene rings is 1. The summed E-state index contributed by atoms with van der Waals surface area (Å²) in [5.41, 5.74) is 2.20. The van der Waals surface area contributed by atoms with Gasteiger partial charge in [0.05, 0.1) is 6.54 Å². The Labute approximate surface area is 146 Å². The van der Waals surface area contributed by atoms with Crippen LogP contribution in [0.25, 0.3) is 11.1 Å². The number of aromatic nitrogens is 1. The molecule has 2 amide bonds. The second-order valence-corrected chi connectivity index (χ2v) is 7.04. The van der Waals surface area contributed by atoms with Crippen molar-refractivity contribution in [2.45, 2.75) is 50.9 Å². The van der Waals surface area contributed by atoms with E-state index in [0.717, 1.165) is 55.5 Å². The first-order valence-corrected chi connectivity index (χ1v) is 9.17. The lowest BCUT2D eigenvalue weighted by molar-refractivity contribution is -0.135. The zero-order valence-electron chi connectivity index (χ0n) is 14.3. The molecule has 1 aromatic heterocycles. The molecule has 1 N–H and O–H groups in total. The van der Waals surface area contributed by atoms with Crippen LogP contribution in [0, 0.1) is 0 Å². The Hall–Kier alpha value is -2.37. The molecule has 0 radical (unpaired) electrons. The summed E-state index contributed by atoms with van der Waals surface area (Å²) in [6.45, 7) is 0.780. The lowest BCUT2D eigenvalue weighted by atomic mass is 10.1. The number of carbonyl (C=O) groups is 2. The first-order valence-electron chi connectivity index (χ1n) is 9.17. The largest absolute Gasteiger partial charge is 0.440 e. The average molecular weight is 341 g/mol. The number of hydrogen-bond acceptors (Lipinski definition) is 4. The molecule has 0 unspecified atom stereocenters. The third kappa shape index (κ3) is 3.83. The molecule has 1 aliphatic carbocycles. The predicted octanol–water partition coefficient (Wildman–Crippen LogP) is 3.44. The highest BCUT2D eigenvalue weighted by atomic mass is 16.3. The second-order valence-electron chi connectivity index (χ2n) is 7.04. The minimum Gasteiger partial charge on any atom is -0.440 e. The van der Waals surface area contributed by atoms with E-state index in [1.807, 2.05) is 18.2 Å². The van der Waals surface area contributed by atoms with Crippen molar-refractivity contribution >= 4 is 28.6 Å². The fraction of sp³-hybridized carbons (Fsp3) is 0.526. The van der Waals surface area contributed by atoms with Crippen molar-refractivity contribution in [3.63, 3.8) is 0 Å². The molecule has 1 saturated heterocycles. The van der Waals surface area contributed by atoms with Gasteiger partial charge in [0.1, 0.15) is 5.52 Å². The summed E-state index contributed by atoms with van der Waals surface area (Å²) in [4.78, 5) is 30.6. The van der Waals surface area contributed by atoms with Crippen molar-refractivity contribution in [3.8, 4) is 0 Å². The minimum absolute atomic E-state index is 0.0795. The van der Waals surface area contributed by atoms with Gasteiger partial charge in [-0.05, 0) is 43.9 Å². The summed E-state index contributed by atoms with van der Waals surface area (Å²) in [6.07, 6.45) is 6.93. The van der Waals surface area contributed by atoms with Crippen molar-refractivity contribution in [1.82, 2.24) is 9.88 Å². The standard InChI is InChI=1S/C19H23N3O3/c23-17(12-22-10-4-2-1-3-5-18(22)24)20-14-8-9-16-15(11-14)21-19(25-16)13-6-7-13/h8-9,11,13H,1-7,10,12H2,(H,20,23). The van der Waals surface area contributed by atoms with Gasteiger partial charge in [-0.25, -0.2) is 4.98 Å². The Balaban J connectivity index is 1.41. The topological polar surface area (TPSA) is 75.4 Å². The molecule has 1 saturated carbocycles. The van der Waals surface area contributed by atoms with Crippen molar-refractivity contribution in [2.75, 3.05) is 18.4 Å². The van der Waals surface area contributed by atoms with Crippen LogP contribution in [0.5, 0.6) is 0 Å². The van der Waals surface area contributed by atoms with Crippen LogP contribution in [0.2, 0.25) is 0 Å². The number of nitrogens with zero attached hydrogens (tertiary/aromatic N) is 2. The molecule has 0 bridgehead atoms. The van der Waals surface area contributed by atoms with E-state index >= 15 is 0 Å². The van der Waals surface area contributed by atoms with Crippen molar-refractivity contribution in [2.24, 2.45) is 0 Å².